The Morgan fingerprint density at radius 1 is 1.09 bits per heavy atom. The number of halogens is 1. The minimum absolute atomic E-state index is 0.0495. The zero-order valence-electron chi connectivity index (χ0n) is 17.5. The smallest absolute Gasteiger partial charge is 0.263 e. The van der Waals surface area contributed by atoms with Crippen LogP contribution < -0.4 is 14.4 Å². The molecule has 2 amide bonds. The Bertz CT molecular complexity index is 1280. The summed E-state index contributed by atoms with van der Waals surface area (Å²) in [6.45, 7) is -0.0495. The predicted octanol–water partition coefficient (Wildman–Crippen LogP) is 2.39. The lowest BCUT2D eigenvalue weighted by Crippen LogP contribution is -2.39. The van der Waals surface area contributed by atoms with Crippen LogP contribution in [0.4, 0.5) is 10.1 Å². The molecule has 168 valence electrons. The van der Waals surface area contributed by atoms with Crippen LogP contribution in [0.2, 0.25) is 0 Å². The van der Waals surface area contributed by atoms with Crippen LogP contribution in [0, 0.1) is 5.82 Å². The number of imide groups is 1. The Morgan fingerprint density at radius 3 is 2.70 bits per heavy atom. The number of hydrogen-bond donors (Lipinski definition) is 0. The summed E-state index contributed by atoms with van der Waals surface area (Å²) in [5.74, 6) is -0.163. The summed E-state index contributed by atoms with van der Waals surface area (Å²) in [6, 6.07) is 8.40. The van der Waals surface area contributed by atoms with Crippen LogP contribution in [0.25, 0.3) is 11.4 Å². The third kappa shape index (κ3) is 3.45. The van der Waals surface area contributed by atoms with Gasteiger partial charge in [0, 0.05) is 6.07 Å². The topological polar surface area (TPSA) is 123 Å². The number of hydrogen-bond acceptors (Lipinski definition) is 10. The molecule has 5 rings (SSSR count). The van der Waals surface area contributed by atoms with E-state index in [1.54, 1.807) is 25.3 Å². The first-order valence-corrected chi connectivity index (χ1v) is 9.86. The van der Waals surface area contributed by atoms with E-state index in [1.165, 1.54) is 30.3 Å². The molecule has 0 N–H and O–H groups in total. The van der Waals surface area contributed by atoms with E-state index in [2.05, 4.69) is 20.5 Å². The number of carbonyl (C=O) groups excluding carboxylic acids is 2. The largest absolute Gasteiger partial charge is 0.497 e. The second-order valence-corrected chi connectivity index (χ2v) is 7.26. The van der Waals surface area contributed by atoms with Crippen molar-refractivity contribution in [2.45, 2.75) is 18.6 Å². The Morgan fingerprint density at radius 2 is 1.94 bits per heavy atom. The molecule has 0 unspecified atom stereocenters. The molecule has 3 heterocycles. The van der Waals surface area contributed by atoms with Crippen LogP contribution >= 0.6 is 0 Å². The normalized spacial score (nSPS) is 19.4. The Kier molecular flexibility index (Phi) is 4.96. The number of aromatic nitrogens is 2. The lowest BCUT2D eigenvalue weighted by molar-refractivity contribution is -0.123. The fourth-order valence-electron chi connectivity index (χ4n) is 3.77. The molecule has 2 aliphatic rings. The summed E-state index contributed by atoms with van der Waals surface area (Å²) in [5, 5.41) is 13.2. The highest BCUT2D eigenvalue weighted by Gasteiger charge is 2.55. The lowest BCUT2D eigenvalue weighted by Gasteiger charge is -2.19. The first kappa shape index (κ1) is 20.5. The quantitative estimate of drug-likeness (QED) is 0.523. The van der Waals surface area contributed by atoms with Crippen LogP contribution in [0.1, 0.15) is 5.89 Å². The number of carbonyl (C=O) groups is 2. The summed E-state index contributed by atoms with van der Waals surface area (Å²) >= 11 is 0. The molecule has 0 saturated carbocycles. The number of methoxy groups -OCH3 is 2. The van der Waals surface area contributed by atoms with Crippen LogP contribution in [0.3, 0.4) is 0 Å². The van der Waals surface area contributed by atoms with Crippen molar-refractivity contribution in [3.8, 4) is 22.9 Å². The predicted molar refractivity (Wildman–Crippen MR) is 110 cm³/mol. The van der Waals surface area contributed by atoms with Gasteiger partial charge in [-0.3, -0.25) is 14.6 Å². The minimum Gasteiger partial charge on any atom is -0.497 e. The highest BCUT2D eigenvalue weighted by atomic mass is 19.1. The molecule has 2 aromatic carbocycles. The van der Waals surface area contributed by atoms with Gasteiger partial charge < -0.3 is 14.0 Å². The molecule has 1 fully saturated rings. The van der Waals surface area contributed by atoms with Gasteiger partial charge in [-0.15, -0.1) is 0 Å². The maximum absolute atomic E-state index is 13.6. The molecule has 2 atom stereocenters. The fourth-order valence-corrected chi connectivity index (χ4v) is 3.77. The van der Waals surface area contributed by atoms with Gasteiger partial charge in [-0.2, -0.15) is 10.1 Å². The first-order valence-electron chi connectivity index (χ1n) is 9.86. The zero-order valence-corrected chi connectivity index (χ0v) is 17.5. The third-order valence-electron chi connectivity index (χ3n) is 5.34. The van der Waals surface area contributed by atoms with Gasteiger partial charge in [0.15, 0.2) is 12.1 Å². The molecular weight excluding hydrogens is 435 g/mol. The van der Waals surface area contributed by atoms with Gasteiger partial charge in [-0.25, -0.2) is 9.29 Å². The van der Waals surface area contributed by atoms with Gasteiger partial charge in [0.1, 0.15) is 23.9 Å². The van der Waals surface area contributed by atoms with Crippen LogP contribution in [0.15, 0.2) is 57.3 Å². The molecule has 2 aliphatic heterocycles. The van der Waals surface area contributed by atoms with Gasteiger partial charge in [-0.1, -0.05) is 16.4 Å². The van der Waals surface area contributed by atoms with Gasteiger partial charge in [0.25, 0.3) is 11.8 Å². The summed E-state index contributed by atoms with van der Waals surface area (Å²) < 4.78 is 29.5. The average Bonchev–Trinajstić information content (AvgIpc) is 3.51. The Balaban J connectivity index is 1.37. The molecule has 0 radical (unpaired) electrons. The maximum Gasteiger partial charge on any atom is 0.263 e. The minimum atomic E-state index is -1.02. The van der Waals surface area contributed by atoms with E-state index in [9.17, 15) is 14.0 Å². The molecule has 12 heteroatoms. The molecule has 3 aromatic rings. The molecule has 33 heavy (non-hydrogen) atoms. The highest BCUT2D eigenvalue weighted by molar-refractivity contribution is 6.25. The van der Waals surface area contributed by atoms with Crippen molar-refractivity contribution in [2.75, 3.05) is 19.1 Å². The van der Waals surface area contributed by atoms with Crippen LogP contribution in [-0.4, -0.2) is 53.3 Å². The lowest BCUT2D eigenvalue weighted by atomic mass is 10.1. The third-order valence-corrected chi connectivity index (χ3v) is 5.34. The van der Waals surface area contributed by atoms with E-state index >= 15 is 0 Å². The summed E-state index contributed by atoms with van der Waals surface area (Å²) in [5.41, 5.74) is 0.722. The summed E-state index contributed by atoms with van der Waals surface area (Å²) in [7, 11) is 3.06. The number of amides is 2. The zero-order chi connectivity index (χ0) is 23.1. The van der Waals surface area contributed by atoms with Gasteiger partial charge >= 0.3 is 0 Å². The average molecular weight is 452 g/mol. The maximum atomic E-state index is 13.6. The van der Waals surface area contributed by atoms with Crippen LogP contribution in [0.5, 0.6) is 11.5 Å². The van der Waals surface area contributed by atoms with Crippen molar-refractivity contribution < 1.29 is 28.0 Å². The number of rotatable bonds is 6. The fraction of sp³-hybridized carbons (Fsp3) is 0.238. The monoisotopic (exact) mass is 452 g/mol. The second kappa shape index (κ2) is 7.97. The first-order chi connectivity index (χ1) is 16.0. The van der Waals surface area contributed by atoms with Crippen molar-refractivity contribution in [1.82, 2.24) is 15.1 Å². The van der Waals surface area contributed by atoms with E-state index < -0.39 is 29.7 Å². The van der Waals surface area contributed by atoms with Gasteiger partial charge in [0.2, 0.25) is 11.7 Å². The van der Waals surface area contributed by atoms with E-state index in [1.807, 2.05) is 0 Å². The van der Waals surface area contributed by atoms with Crippen LogP contribution in [-0.2, 0) is 16.1 Å². The van der Waals surface area contributed by atoms with Crippen molar-refractivity contribution in [3.05, 3.63) is 54.2 Å². The Labute approximate surface area is 186 Å². The van der Waals surface area contributed by atoms with E-state index in [4.69, 9.17) is 14.0 Å². The molecule has 0 spiro atoms. The standard InChI is InChI=1S/C21H17FN6O5/c1-31-13-6-7-14(15(9-13)32-2)19-23-16(33-25-19)10-27-18-17(24-26-27)20(29)28(21(18)30)12-5-3-4-11(22)8-12/h3-9,17-18H,10H2,1-2H3/t17-,18-/m1/s1. The number of fused-ring (bicyclic) bond motifs is 1. The van der Waals surface area contributed by atoms with E-state index in [0.29, 0.717) is 17.1 Å². The number of anilines is 1. The van der Waals surface area contributed by atoms with E-state index in [0.717, 1.165) is 11.0 Å². The molecule has 1 saturated heterocycles. The second-order valence-electron chi connectivity index (χ2n) is 7.26. The van der Waals surface area contributed by atoms with Crippen molar-refractivity contribution in [2.24, 2.45) is 10.3 Å². The van der Waals surface area contributed by atoms with E-state index in [-0.39, 0.29) is 23.9 Å². The molecule has 0 aliphatic carbocycles. The highest BCUT2D eigenvalue weighted by Crippen LogP contribution is 2.34. The van der Waals surface area contributed by atoms with Crippen molar-refractivity contribution >= 4 is 17.5 Å². The van der Waals surface area contributed by atoms with Gasteiger partial charge in [-0.05, 0) is 30.3 Å². The summed E-state index contributed by atoms with van der Waals surface area (Å²) in [6.07, 6.45) is 0. The molecule has 11 nitrogen and oxygen atoms in total. The number of nitrogens with zero attached hydrogens (tertiary/aromatic N) is 6. The molecule has 0 bridgehead atoms. The Hall–Kier alpha value is -4.35. The molecule has 1 aromatic heterocycles. The number of ether oxygens (including phenoxy) is 2. The van der Waals surface area contributed by atoms with Crippen molar-refractivity contribution in [1.29, 1.82) is 0 Å². The van der Waals surface area contributed by atoms with Gasteiger partial charge in [0.05, 0.1) is 25.5 Å². The summed E-state index contributed by atoms with van der Waals surface area (Å²) in [4.78, 5) is 31.0. The van der Waals surface area contributed by atoms with Crippen molar-refractivity contribution in [3.63, 3.8) is 0 Å². The SMILES string of the molecule is COc1ccc(-c2noc(CN3N=N[C@H]4C(=O)N(c5cccc(F)c5)C(=O)[C@@H]43)n2)c(OC)c1. The number of benzene rings is 2. The molecular formula is C21H17FN6O5.